The molecular weight excluding hydrogens is 332 g/mol. The van der Waals surface area contributed by atoms with Gasteiger partial charge in [-0.15, -0.1) is 0 Å². The van der Waals surface area contributed by atoms with Gasteiger partial charge in [0.25, 0.3) is 0 Å². The van der Waals surface area contributed by atoms with Crippen LogP contribution in [0.25, 0.3) is 10.9 Å². The number of H-pyrrole nitrogens is 1. The molecule has 1 aliphatic rings. The van der Waals surface area contributed by atoms with Crippen LogP contribution in [0.15, 0.2) is 42.7 Å². The first-order valence-electron chi connectivity index (χ1n) is 8.97. The molecule has 2 unspecified atom stereocenters. The highest BCUT2D eigenvalue weighted by molar-refractivity contribution is 6.31. The minimum absolute atomic E-state index is 0.312. The number of hydrogen-bond donors (Lipinski definition) is 2. The van der Waals surface area contributed by atoms with E-state index in [9.17, 15) is 5.11 Å². The zero-order valence-corrected chi connectivity index (χ0v) is 15.2. The summed E-state index contributed by atoms with van der Waals surface area (Å²) in [6, 6.07) is 9.87. The molecule has 2 atom stereocenters. The van der Waals surface area contributed by atoms with Crippen LogP contribution in [0.2, 0.25) is 5.02 Å². The van der Waals surface area contributed by atoms with Crippen molar-refractivity contribution in [1.29, 1.82) is 0 Å². The molecule has 0 saturated carbocycles. The zero-order valence-electron chi connectivity index (χ0n) is 14.4. The van der Waals surface area contributed by atoms with Gasteiger partial charge >= 0.3 is 0 Å². The summed E-state index contributed by atoms with van der Waals surface area (Å²) in [7, 11) is 0. The summed E-state index contributed by atoms with van der Waals surface area (Å²) in [5.41, 5.74) is 3.86. The third-order valence-corrected chi connectivity index (χ3v) is 5.72. The molecule has 0 fully saturated rings. The molecule has 0 radical (unpaired) electrons. The van der Waals surface area contributed by atoms with Crippen LogP contribution in [-0.2, 0) is 12.0 Å². The average Bonchev–Trinajstić information content (AvgIpc) is 2.84. The highest BCUT2D eigenvalue weighted by Gasteiger charge is 2.31. The summed E-state index contributed by atoms with van der Waals surface area (Å²) in [6.45, 7) is 1.91. The first kappa shape index (κ1) is 16.6. The Labute approximate surface area is 153 Å². The molecule has 0 aliphatic heterocycles. The Hall–Kier alpha value is -1.84. The van der Waals surface area contributed by atoms with Gasteiger partial charge in [0, 0.05) is 39.9 Å². The van der Waals surface area contributed by atoms with Crippen LogP contribution < -0.4 is 0 Å². The Balaban J connectivity index is 1.73. The number of nitrogens with one attached hydrogen (secondary N) is 1. The van der Waals surface area contributed by atoms with Crippen molar-refractivity contribution in [2.45, 2.75) is 50.5 Å². The van der Waals surface area contributed by atoms with E-state index in [0.29, 0.717) is 12.3 Å². The molecule has 2 aromatic heterocycles. The number of benzene rings is 1. The van der Waals surface area contributed by atoms with Gasteiger partial charge in [0.05, 0.1) is 5.60 Å². The normalized spacial score (nSPS) is 20.0. The van der Waals surface area contributed by atoms with Crippen LogP contribution in [0.1, 0.15) is 55.3 Å². The molecule has 3 nitrogen and oxygen atoms in total. The summed E-state index contributed by atoms with van der Waals surface area (Å²) in [5.74, 6) is 0.312. The van der Waals surface area contributed by atoms with Gasteiger partial charge in [-0.2, -0.15) is 0 Å². The van der Waals surface area contributed by atoms with Crippen molar-refractivity contribution in [3.05, 3.63) is 64.6 Å². The van der Waals surface area contributed by atoms with E-state index in [0.717, 1.165) is 28.9 Å². The van der Waals surface area contributed by atoms with E-state index in [4.69, 9.17) is 11.6 Å². The predicted octanol–water partition coefficient (Wildman–Crippen LogP) is 5.32. The van der Waals surface area contributed by atoms with E-state index in [1.807, 2.05) is 25.1 Å². The number of aryl methyl sites for hydroxylation is 1. The number of halogens is 1. The lowest BCUT2D eigenvalue weighted by Gasteiger charge is -2.28. The Morgan fingerprint density at radius 2 is 2.04 bits per heavy atom. The predicted molar refractivity (Wildman–Crippen MR) is 102 cm³/mol. The topological polar surface area (TPSA) is 48.9 Å². The van der Waals surface area contributed by atoms with Gasteiger partial charge in [-0.05, 0) is 74.1 Å². The van der Waals surface area contributed by atoms with E-state index in [2.05, 4.69) is 22.1 Å². The quantitative estimate of drug-likeness (QED) is 0.625. The Morgan fingerprint density at radius 1 is 1.24 bits per heavy atom. The van der Waals surface area contributed by atoms with Gasteiger partial charge < -0.3 is 10.1 Å². The van der Waals surface area contributed by atoms with E-state index >= 15 is 0 Å². The minimum atomic E-state index is -0.871. The summed E-state index contributed by atoms with van der Waals surface area (Å²) in [4.78, 5) is 7.69. The lowest BCUT2D eigenvalue weighted by atomic mass is 9.83. The molecule has 0 bridgehead atoms. The van der Waals surface area contributed by atoms with Crippen LogP contribution in [0, 0.1) is 0 Å². The molecule has 130 valence electrons. The average molecular weight is 355 g/mol. The van der Waals surface area contributed by atoms with Crippen LogP contribution >= 0.6 is 11.6 Å². The zero-order chi connectivity index (χ0) is 17.4. The van der Waals surface area contributed by atoms with Crippen molar-refractivity contribution >= 4 is 22.5 Å². The number of nitrogens with zero attached hydrogens (tertiary/aromatic N) is 1. The monoisotopic (exact) mass is 354 g/mol. The van der Waals surface area contributed by atoms with Crippen molar-refractivity contribution in [3.8, 4) is 0 Å². The summed E-state index contributed by atoms with van der Waals surface area (Å²) < 4.78 is 0. The van der Waals surface area contributed by atoms with Crippen molar-refractivity contribution in [2.75, 3.05) is 0 Å². The number of aromatic nitrogens is 2. The van der Waals surface area contributed by atoms with Crippen molar-refractivity contribution in [1.82, 2.24) is 9.97 Å². The van der Waals surface area contributed by atoms with Crippen molar-refractivity contribution in [3.63, 3.8) is 0 Å². The third-order valence-electron chi connectivity index (χ3n) is 5.48. The molecule has 25 heavy (non-hydrogen) atoms. The van der Waals surface area contributed by atoms with Gasteiger partial charge in [-0.25, -0.2) is 0 Å². The Bertz CT molecular complexity index is 886. The highest BCUT2D eigenvalue weighted by Crippen LogP contribution is 2.41. The van der Waals surface area contributed by atoms with Crippen molar-refractivity contribution in [2.24, 2.45) is 0 Å². The highest BCUT2D eigenvalue weighted by atomic mass is 35.5. The molecule has 1 aliphatic carbocycles. The third kappa shape index (κ3) is 3.19. The molecule has 0 spiro atoms. The summed E-state index contributed by atoms with van der Waals surface area (Å²) in [5, 5.41) is 13.1. The molecule has 1 aromatic carbocycles. The number of rotatable bonds is 3. The van der Waals surface area contributed by atoms with Gasteiger partial charge in [-0.1, -0.05) is 18.0 Å². The SMILES string of the molecule is CC(O)(CC1CCCCc2c1[nH]c1ccc(Cl)cc21)c1ccncc1. The summed E-state index contributed by atoms with van der Waals surface area (Å²) in [6.07, 6.45) is 8.71. The number of hydrogen-bond acceptors (Lipinski definition) is 2. The molecule has 2 heterocycles. The lowest BCUT2D eigenvalue weighted by molar-refractivity contribution is 0.0384. The molecule has 0 saturated heterocycles. The molecule has 0 amide bonds. The van der Waals surface area contributed by atoms with E-state index in [1.165, 1.54) is 29.5 Å². The molecular formula is C21H23ClN2O. The number of aliphatic hydroxyl groups is 1. The van der Waals surface area contributed by atoms with Crippen LogP contribution in [0.4, 0.5) is 0 Å². The number of aromatic amines is 1. The van der Waals surface area contributed by atoms with Gasteiger partial charge in [0.2, 0.25) is 0 Å². The first-order valence-corrected chi connectivity index (χ1v) is 9.35. The van der Waals surface area contributed by atoms with E-state index in [1.54, 1.807) is 12.4 Å². The maximum absolute atomic E-state index is 11.1. The van der Waals surface area contributed by atoms with E-state index in [-0.39, 0.29) is 0 Å². The maximum atomic E-state index is 11.1. The second kappa shape index (κ2) is 6.47. The fourth-order valence-corrected chi connectivity index (χ4v) is 4.38. The smallest absolute Gasteiger partial charge is 0.0876 e. The Morgan fingerprint density at radius 3 is 2.84 bits per heavy atom. The second-order valence-corrected chi connectivity index (χ2v) is 7.80. The maximum Gasteiger partial charge on any atom is 0.0876 e. The number of fused-ring (bicyclic) bond motifs is 3. The second-order valence-electron chi connectivity index (χ2n) is 7.36. The summed E-state index contributed by atoms with van der Waals surface area (Å²) >= 11 is 6.22. The van der Waals surface area contributed by atoms with Gasteiger partial charge in [-0.3, -0.25) is 4.98 Å². The fourth-order valence-electron chi connectivity index (χ4n) is 4.21. The van der Waals surface area contributed by atoms with Crippen molar-refractivity contribution < 1.29 is 5.11 Å². The molecule has 2 N–H and O–H groups in total. The first-order chi connectivity index (χ1) is 12.0. The lowest BCUT2D eigenvalue weighted by Crippen LogP contribution is -2.24. The fraction of sp³-hybridized carbons (Fsp3) is 0.381. The molecule has 4 heteroatoms. The molecule has 4 rings (SSSR count). The molecule has 3 aromatic rings. The number of pyridine rings is 1. The Kier molecular flexibility index (Phi) is 4.30. The van der Waals surface area contributed by atoms with Gasteiger partial charge in [0.1, 0.15) is 0 Å². The minimum Gasteiger partial charge on any atom is -0.385 e. The standard InChI is InChI=1S/C21H23ClN2O/c1-21(25,15-8-10-23-11-9-15)13-14-4-2-3-5-17-18-12-16(22)6-7-19(18)24-20(14)17/h6-12,14,24-25H,2-5,13H2,1H3. The van der Waals surface area contributed by atoms with Crippen LogP contribution in [-0.4, -0.2) is 15.1 Å². The van der Waals surface area contributed by atoms with E-state index < -0.39 is 5.60 Å². The largest absolute Gasteiger partial charge is 0.385 e. The van der Waals surface area contributed by atoms with Crippen LogP contribution in [0.5, 0.6) is 0 Å². The van der Waals surface area contributed by atoms with Crippen LogP contribution in [0.3, 0.4) is 0 Å². The van der Waals surface area contributed by atoms with Gasteiger partial charge in [0.15, 0.2) is 0 Å².